The predicted octanol–water partition coefficient (Wildman–Crippen LogP) is 2.99. The second-order valence-corrected chi connectivity index (χ2v) is 4.70. The molecule has 1 heterocycles. The maximum atomic E-state index is 12.3. The molecule has 86 valence electrons. The van der Waals surface area contributed by atoms with Crippen molar-refractivity contribution in [3.05, 3.63) is 12.2 Å². The van der Waals surface area contributed by atoms with Gasteiger partial charge in [0.2, 0.25) is 5.91 Å². The van der Waals surface area contributed by atoms with Gasteiger partial charge in [0.05, 0.1) is 0 Å². The Morgan fingerprint density at radius 3 is 2.40 bits per heavy atom. The van der Waals surface area contributed by atoms with E-state index in [4.69, 9.17) is 0 Å². The summed E-state index contributed by atoms with van der Waals surface area (Å²) in [6.45, 7) is 8.03. The van der Waals surface area contributed by atoms with Crippen LogP contribution in [0.3, 0.4) is 0 Å². The molecule has 0 aromatic heterocycles. The lowest BCUT2D eigenvalue weighted by molar-refractivity contribution is -0.140. The van der Waals surface area contributed by atoms with Crippen molar-refractivity contribution in [1.82, 2.24) is 4.90 Å². The van der Waals surface area contributed by atoms with Gasteiger partial charge >= 0.3 is 0 Å². The molecule has 0 aliphatic carbocycles. The fourth-order valence-electron chi connectivity index (χ4n) is 2.03. The van der Waals surface area contributed by atoms with Crippen molar-refractivity contribution < 1.29 is 4.79 Å². The molecule has 2 heteroatoms. The Kier molecular flexibility index (Phi) is 4.37. The van der Waals surface area contributed by atoms with Gasteiger partial charge in [-0.05, 0) is 12.8 Å². The van der Waals surface area contributed by atoms with Crippen molar-refractivity contribution in [2.24, 2.45) is 5.41 Å². The molecular formula is C13H23NO. The molecule has 0 saturated carbocycles. The highest BCUT2D eigenvalue weighted by molar-refractivity contribution is 5.82. The molecule has 1 rings (SSSR count). The Hall–Kier alpha value is -0.790. The molecule has 0 spiro atoms. The van der Waals surface area contributed by atoms with Gasteiger partial charge in [-0.1, -0.05) is 45.8 Å². The molecule has 1 amide bonds. The number of hydrogen-bond acceptors (Lipinski definition) is 1. The van der Waals surface area contributed by atoms with Crippen LogP contribution in [0.5, 0.6) is 0 Å². The normalized spacial score (nSPS) is 19.3. The predicted molar refractivity (Wildman–Crippen MR) is 63.6 cm³/mol. The van der Waals surface area contributed by atoms with Gasteiger partial charge in [0.1, 0.15) is 0 Å². The average Bonchev–Trinajstić information content (AvgIpc) is 2.78. The number of unbranched alkanes of at least 4 members (excludes halogenated alkanes) is 1. The monoisotopic (exact) mass is 209 g/mol. The third-order valence-corrected chi connectivity index (χ3v) is 3.48. The molecule has 2 nitrogen and oxygen atoms in total. The summed E-state index contributed by atoms with van der Waals surface area (Å²) in [6.07, 6.45) is 8.44. The molecule has 1 aliphatic heterocycles. The van der Waals surface area contributed by atoms with E-state index in [1.807, 2.05) is 4.90 Å². The molecule has 0 aromatic rings. The number of carbonyl (C=O) groups excluding carboxylic acids is 1. The zero-order chi connectivity index (χ0) is 11.3. The van der Waals surface area contributed by atoms with E-state index in [1.54, 1.807) is 0 Å². The smallest absolute Gasteiger partial charge is 0.229 e. The zero-order valence-electron chi connectivity index (χ0n) is 10.3. The van der Waals surface area contributed by atoms with Crippen molar-refractivity contribution in [3.8, 4) is 0 Å². The lowest BCUT2D eigenvalue weighted by Crippen LogP contribution is -2.40. The Morgan fingerprint density at radius 2 is 1.93 bits per heavy atom. The van der Waals surface area contributed by atoms with Crippen LogP contribution >= 0.6 is 0 Å². The fourth-order valence-corrected chi connectivity index (χ4v) is 2.03. The lowest BCUT2D eigenvalue weighted by Gasteiger charge is -2.31. The lowest BCUT2D eigenvalue weighted by atomic mass is 9.81. The van der Waals surface area contributed by atoms with E-state index in [0.29, 0.717) is 5.91 Å². The molecule has 1 atom stereocenters. The Balaban J connectivity index is 2.59. The van der Waals surface area contributed by atoms with E-state index in [9.17, 15) is 4.79 Å². The Morgan fingerprint density at radius 1 is 1.33 bits per heavy atom. The van der Waals surface area contributed by atoms with Crippen LogP contribution in [0.4, 0.5) is 0 Å². The summed E-state index contributed by atoms with van der Waals surface area (Å²) in [6, 6.07) is 0. The van der Waals surface area contributed by atoms with E-state index in [-0.39, 0.29) is 5.41 Å². The van der Waals surface area contributed by atoms with Crippen LogP contribution in [0.15, 0.2) is 12.2 Å². The first-order valence-corrected chi connectivity index (χ1v) is 6.08. The third kappa shape index (κ3) is 2.83. The van der Waals surface area contributed by atoms with Crippen molar-refractivity contribution in [2.45, 2.75) is 46.5 Å². The largest absolute Gasteiger partial charge is 0.335 e. The van der Waals surface area contributed by atoms with Crippen LogP contribution in [0.2, 0.25) is 0 Å². The SMILES string of the molecule is CCCCC(C)(CC)C(=O)N1CC=CC1. The third-order valence-electron chi connectivity index (χ3n) is 3.48. The number of rotatable bonds is 5. The van der Waals surface area contributed by atoms with E-state index < -0.39 is 0 Å². The Bertz CT molecular complexity index is 239. The minimum absolute atomic E-state index is 0.137. The molecule has 1 aliphatic rings. The van der Waals surface area contributed by atoms with Gasteiger partial charge in [-0.15, -0.1) is 0 Å². The number of amides is 1. The van der Waals surface area contributed by atoms with E-state index in [0.717, 1.165) is 32.4 Å². The van der Waals surface area contributed by atoms with Crippen LogP contribution in [0, 0.1) is 5.41 Å². The van der Waals surface area contributed by atoms with Gasteiger partial charge in [0, 0.05) is 18.5 Å². The van der Waals surface area contributed by atoms with Gasteiger partial charge in [-0.3, -0.25) is 4.79 Å². The van der Waals surface area contributed by atoms with Crippen LogP contribution in [0.25, 0.3) is 0 Å². The van der Waals surface area contributed by atoms with Gasteiger partial charge in [0.25, 0.3) is 0 Å². The van der Waals surface area contributed by atoms with E-state index >= 15 is 0 Å². The summed E-state index contributed by atoms with van der Waals surface area (Å²) in [5.41, 5.74) is -0.137. The number of carbonyl (C=O) groups is 1. The average molecular weight is 209 g/mol. The highest BCUT2D eigenvalue weighted by atomic mass is 16.2. The van der Waals surface area contributed by atoms with E-state index in [2.05, 4.69) is 32.9 Å². The molecular weight excluding hydrogens is 186 g/mol. The standard InChI is InChI=1S/C13H23NO/c1-4-6-9-13(3,5-2)12(15)14-10-7-8-11-14/h7-8H,4-6,9-11H2,1-3H3. The summed E-state index contributed by atoms with van der Waals surface area (Å²) in [5, 5.41) is 0. The highest BCUT2D eigenvalue weighted by Gasteiger charge is 2.34. The number of hydrogen-bond donors (Lipinski definition) is 0. The molecule has 15 heavy (non-hydrogen) atoms. The minimum atomic E-state index is -0.137. The van der Waals surface area contributed by atoms with Crippen molar-refractivity contribution in [2.75, 3.05) is 13.1 Å². The first-order chi connectivity index (χ1) is 7.14. The fraction of sp³-hybridized carbons (Fsp3) is 0.769. The van der Waals surface area contributed by atoms with Crippen molar-refractivity contribution >= 4 is 5.91 Å². The van der Waals surface area contributed by atoms with Gasteiger partial charge < -0.3 is 4.90 Å². The second kappa shape index (κ2) is 5.34. The highest BCUT2D eigenvalue weighted by Crippen LogP contribution is 2.31. The molecule has 0 aromatic carbocycles. The molecule has 1 unspecified atom stereocenters. The quantitative estimate of drug-likeness (QED) is 0.637. The van der Waals surface area contributed by atoms with Crippen LogP contribution < -0.4 is 0 Å². The summed E-state index contributed by atoms with van der Waals surface area (Å²) in [4.78, 5) is 14.2. The van der Waals surface area contributed by atoms with Gasteiger partial charge in [-0.25, -0.2) is 0 Å². The molecule has 0 N–H and O–H groups in total. The molecule has 0 fully saturated rings. The number of nitrogens with zero attached hydrogens (tertiary/aromatic N) is 1. The maximum absolute atomic E-state index is 12.3. The summed E-state index contributed by atoms with van der Waals surface area (Å²) in [5.74, 6) is 0.337. The molecule has 0 saturated heterocycles. The van der Waals surface area contributed by atoms with E-state index in [1.165, 1.54) is 6.42 Å². The molecule has 0 radical (unpaired) electrons. The Labute approximate surface area is 93.3 Å². The summed E-state index contributed by atoms with van der Waals surface area (Å²) < 4.78 is 0. The van der Waals surface area contributed by atoms with Crippen LogP contribution in [-0.2, 0) is 4.79 Å². The van der Waals surface area contributed by atoms with Gasteiger partial charge in [-0.2, -0.15) is 0 Å². The van der Waals surface area contributed by atoms with Gasteiger partial charge in [0.15, 0.2) is 0 Å². The van der Waals surface area contributed by atoms with Crippen LogP contribution in [-0.4, -0.2) is 23.9 Å². The maximum Gasteiger partial charge on any atom is 0.229 e. The van der Waals surface area contributed by atoms with Crippen molar-refractivity contribution in [3.63, 3.8) is 0 Å². The minimum Gasteiger partial charge on any atom is -0.335 e. The van der Waals surface area contributed by atoms with Crippen molar-refractivity contribution in [1.29, 1.82) is 0 Å². The zero-order valence-corrected chi connectivity index (χ0v) is 10.3. The summed E-state index contributed by atoms with van der Waals surface area (Å²) >= 11 is 0. The first-order valence-electron chi connectivity index (χ1n) is 6.08. The summed E-state index contributed by atoms with van der Waals surface area (Å²) in [7, 11) is 0. The topological polar surface area (TPSA) is 20.3 Å². The van der Waals surface area contributed by atoms with Crippen LogP contribution in [0.1, 0.15) is 46.5 Å². The molecule has 0 bridgehead atoms. The second-order valence-electron chi connectivity index (χ2n) is 4.70. The first kappa shape index (κ1) is 12.3.